The highest BCUT2D eigenvalue weighted by atomic mass is 16.3. The maximum absolute atomic E-state index is 11.9. The second-order valence-electron chi connectivity index (χ2n) is 5.59. The Morgan fingerprint density at radius 2 is 2.22 bits per heavy atom. The van der Waals surface area contributed by atoms with Gasteiger partial charge in [0.05, 0.1) is 6.10 Å². The van der Waals surface area contributed by atoms with E-state index in [0.717, 1.165) is 19.5 Å². The maximum atomic E-state index is 11.9. The van der Waals surface area contributed by atoms with Crippen molar-refractivity contribution < 1.29 is 9.90 Å². The van der Waals surface area contributed by atoms with Gasteiger partial charge in [0.15, 0.2) is 0 Å². The molecule has 0 fully saturated rings. The minimum atomic E-state index is -0.621. The molecule has 23 heavy (non-hydrogen) atoms. The molecule has 1 heterocycles. The number of nitrogens with zero attached hydrogens (tertiary/aromatic N) is 2. The van der Waals surface area contributed by atoms with Gasteiger partial charge in [0.2, 0.25) is 0 Å². The normalized spacial score (nSPS) is 17.0. The van der Waals surface area contributed by atoms with Crippen LogP contribution < -0.4 is 11.1 Å². The summed E-state index contributed by atoms with van der Waals surface area (Å²) in [6.07, 6.45) is 3.07. The van der Waals surface area contributed by atoms with Crippen LogP contribution >= 0.6 is 0 Å². The number of amides is 1. The van der Waals surface area contributed by atoms with Crippen molar-refractivity contribution >= 4 is 11.6 Å². The number of nitrogens with one attached hydrogen (secondary N) is 1. The van der Waals surface area contributed by atoms with Crippen LogP contribution in [0, 0.1) is 0 Å². The molecule has 1 amide bonds. The predicted molar refractivity (Wildman–Crippen MR) is 91.1 cm³/mol. The number of rotatable bonds is 6. The van der Waals surface area contributed by atoms with Crippen LogP contribution in [0.4, 0.5) is 0 Å². The Kier molecular flexibility index (Phi) is 6.31. The van der Waals surface area contributed by atoms with Crippen LogP contribution in [0.15, 0.2) is 41.5 Å². The third-order valence-corrected chi connectivity index (χ3v) is 3.90. The summed E-state index contributed by atoms with van der Waals surface area (Å²) in [6, 6.07) is 8.37. The molecule has 1 aliphatic heterocycles. The van der Waals surface area contributed by atoms with Gasteiger partial charge in [-0.3, -0.25) is 14.7 Å². The number of carbonyl (C=O) groups is 1. The Hall–Kier alpha value is -2.18. The molecule has 0 aliphatic carbocycles. The number of aliphatic hydroxyl groups excluding tert-OH is 1. The quantitative estimate of drug-likeness (QED) is 0.648. The van der Waals surface area contributed by atoms with E-state index >= 15 is 0 Å². The first-order valence-corrected chi connectivity index (χ1v) is 7.74. The van der Waals surface area contributed by atoms with E-state index in [4.69, 9.17) is 5.73 Å². The zero-order valence-electron chi connectivity index (χ0n) is 13.4. The molecule has 1 aliphatic rings. The van der Waals surface area contributed by atoms with Crippen molar-refractivity contribution in [1.29, 1.82) is 0 Å². The molecule has 1 unspecified atom stereocenters. The summed E-state index contributed by atoms with van der Waals surface area (Å²) in [6.45, 7) is 2.46. The van der Waals surface area contributed by atoms with Gasteiger partial charge < -0.3 is 16.2 Å². The Labute approximate surface area is 136 Å². The molecule has 0 bridgehead atoms. The van der Waals surface area contributed by atoms with Gasteiger partial charge in [-0.2, -0.15) is 0 Å². The molecule has 6 heteroatoms. The molecular weight excluding hydrogens is 292 g/mol. The van der Waals surface area contributed by atoms with Gasteiger partial charge in [-0.05, 0) is 29.8 Å². The van der Waals surface area contributed by atoms with Crippen LogP contribution in [-0.2, 0) is 17.8 Å². The Bertz CT molecular complexity index is 598. The van der Waals surface area contributed by atoms with E-state index in [1.54, 1.807) is 0 Å². The second-order valence-corrected chi connectivity index (χ2v) is 5.59. The lowest BCUT2D eigenvalue weighted by molar-refractivity contribution is -0.115. The van der Waals surface area contributed by atoms with Crippen molar-refractivity contribution in [3.05, 3.63) is 47.7 Å². The number of hydrogen-bond acceptors (Lipinski definition) is 5. The molecule has 124 valence electrons. The summed E-state index contributed by atoms with van der Waals surface area (Å²) >= 11 is 0. The predicted octanol–water partition coefficient (Wildman–Crippen LogP) is 0.0650. The van der Waals surface area contributed by atoms with Gasteiger partial charge in [-0.25, -0.2) is 0 Å². The number of hydrogen-bond donors (Lipinski definition) is 3. The average molecular weight is 316 g/mol. The van der Waals surface area contributed by atoms with Crippen LogP contribution in [0.2, 0.25) is 0 Å². The van der Waals surface area contributed by atoms with E-state index in [1.165, 1.54) is 30.5 Å². The van der Waals surface area contributed by atoms with E-state index in [0.29, 0.717) is 6.54 Å². The molecule has 0 spiro atoms. The summed E-state index contributed by atoms with van der Waals surface area (Å²) in [5.41, 5.74) is 8.19. The summed E-state index contributed by atoms with van der Waals surface area (Å²) in [7, 11) is 1.52. The molecule has 0 aromatic heterocycles. The average Bonchev–Trinajstić information content (AvgIpc) is 2.57. The second kappa shape index (κ2) is 8.45. The molecular formula is C17H24N4O2. The molecule has 0 saturated carbocycles. The van der Waals surface area contributed by atoms with Crippen LogP contribution in [0.1, 0.15) is 11.1 Å². The summed E-state index contributed by atoms with van der Waals surface area (Å²) in [5.74, 6) is -0.336. The molecule has 1 aromatic carbocycles. The lowest BCUT2D eigenvalue weighted by Gasteiger charge is -2.30. The Balaban J connectivity index is 1.80. The van der Waals surface area contributed by atoms with E-state index in [2.05, 4.69) is 33.4 Å². The van der Waals surface area contributed by atoms with E-state index in [9.17, 15) is 9.90 Å². The maximum Gasteiger partial charge on any atom is 0.269 e. The van der Waals surface area contributed by atoms with Crippen molar-refractivity contribution in [2.45, 2.75) is 19.1 Å². The minimum Gasteiger partial charge on any atom is -0.405 e. The largest absolute Gasteiger partial charge is 0.405 e. The highest BCUT2D eigenvalue weighted by Crippen LogP contribution is 2.18. The zero-order valence-corrected chi connectivity index (χ0v) is 13.4. The fourth-order valence-corrected chi connectivity index (χ4v) is 2.72. The summed E-state index contributed by atoms with van der Waals surface area (Å²) < 4.78 is 0. The van der Waals surface area contributed by atoms with Crippen molar-refractivity contribution in [3.8, 4) is 0 Å². The molecule has 1 aromatic rings. The number of β-amino-alcohol motifs (C(OH)–C–C–N with tert-alkyl or cyclic N) is 1. The van der Waals surface area contributed by atoms with Gasteiger partial charge in [-0.15, -0.1) is 0 Å². The smallest absolute Gasteiger partial charge is 0.269 e. The lowest BCUT2D eigenvalue weighted by atomic mass is 10.00. The van der Waals surface area contributed by atoms with Gasteiger partial charge in [0.1, 0.15) is 5.71 Å². The fourth-order valence-electron chi connectivity index (χ4n) is 2.72. The number of benzene rings is 1. The topological polar surface area (TPSA) is 90.9 Å². The van der Waals surface area contributed by atoms with E-state index in [1.807, 2.05) is 6.07 Å². The van der Waals surface area contributed by atoms with Gasteiger partial charge in [-0.1, -0.05) is 24.3 Å². The highest BCUT2D eigenvalue weighted by molar-refractivity contribution is 6.43. The summed E-state index contributed by atoms with van der Waals surface area (Å²) in [4.78, 5) is 17.9. The first-order chi connectivity index (χ1) is 11.1. The highest BCUT2D eigenvalue weighted by Gasteiger charge is 2.19. The Morgan fingerprint density at radius 3 is 2.91 bits per heavy atom. The monoisotopic (exact) mass is 316 g/mol. The van der Waals surface area contributed by atoms with Crippen molar-refractivity contribution in [2.24, 2.45) is 10.7 Å². The molecule has 6 nitrogen and oxygen atoms in total. The van der Waals surface area contributed by atoms with Crippen molar-refractivity contribution in [2.75, 3.05) is 26.7 Å². The van der Waals surface area contributed by atoms with Crippen LogP contribution in [0.25, 0.3) is 0 Å². The first-order valence-electron chi connectivity index (χ1n) is 7.74. The SMILES string of the molecule is C/N=C(\C=C/N)C(=O)NCC(O)CN1CCc2ccccc2C1. The number of aliphatic hydroxyl groups is 1. The molecule has 4 N–H and O–H groups in total. The van der Waals surface area contributed by atoms with Crippen LogP contribution in [0.3, 0.4) is 0 Å². The van der Waals surface area contributed by atoms with E-state index < -0.39 is 6.10 Å². The lowest BCUT2D eigenvalue weighted by Crippen LogP contribution is -2.43. The number of fused-ring (bicyclic) bond motifs is 1. The molecule has 0 saturated heterocycles. The van der Waals surface area contributed by atoms with Crippen molar-refractivity contribution in [3.63, 3.8) is 0 Å². The van der Waals surface area contributed by atoms with Gasteiger partial charge in [0, 0.05) is 33.2 Å². The number of carbonyl (C=O) groups excluding carboxylic acids is 1. The zero-order chi connectivity index (χ0) is 16.7. The minimum absolute atomic E-state index is 0.189. The number of nitrogens with two attached hydrogens (primary N) is 1. The molecule has 2 rings (SSSR count). The van der Waals surface area contributed by atoms with Crippen molar-refractivity contribution in [1.82, 2.24) is 10.2 Å². The third-order valence-electron chi connectivity index (χ3n) is 3.90. The van der Waals surface area contributed by atoms with Crippen LogP contribution in [0.5, 0.6) is 0 Å². The Morgan fingerprint density at radius 1 is 1.48 bits per heavy atom. The summed E-state index contributed by atoms with van der Waals surface area (Å²) in [5, 5.41) is 12.8. The van der Waals surface area contributed by atoms with E-state index in [-0.39, 0.29) is 18.2 Å². The standard InChI is InChI=1S/C17H24N4O2/c1-19-16(6-8-18)17(23)20-10-15(22)12-21-9-7-13-4-2-3-5-14(13)11-21/h2-6,8,15,22H,7,9-12,18H2,1H3,(H,20,23)/b8-6-,19-16+. The number of aliphatic imine (C=N–C) groups is 1. The fraction of sp³-hybridized carbons (Fsp3) is 0.412. The molecule has 0 radical (unpaired) electrons. The van der Waals surface area contributed by atoms with Gasteiger partial charge in [0.25, 0.3) is 5.91 Å². The van der Waals surface area contributed by atoms with Crippen LogP contribution in [-0.4, -0.2) is 54.4 Å². The third kappa shape index (κ3) is 4.91. The first kappa shape index (κ1) is 17.2. The molecule has 1 atom stereocenters. The van der Waals surface area contributed by atoms with Gasteiger partial charge >= 0.3 is 0 Å².